The summed E-state index contributed by atoms with van der Waals surface area (Å²) in [6, 6.07) is 2.69. The highest BCUT2D eigenvalue weighted by molar-refractivity contribution is 5.79. The van der Waals surface area contributed by atoms with E-state index >= 15 is 0 Å². The van der Waals surface area contributed by atoms with Gasteiger partial charge >= 0.3 is 5.97 Å². The molecule has 0 spiro atoms. The third-order valence-corrected chi connectivity index (χ3v) is 2.31. The molecule has 0 fully saturated rings. The molecule has 0 atom stereocenters. The number of carbonyl (C=O) groups is 1. The zero-order chi connectivity index (χ0) is 12.6. The summed E-state index contributed by atoms with van der Waals surface area (Å²) >= 11 is 0. The second kappa shape index (κ2) is 4.08. The number of aromatic nitrogens is 3. The number of carboxylic acids is 1. The van der Waals surface area contributed by atoms with Crippen molar-refractivity contribution in [2.24, 2.45) is 0 Å². The van der Waals surface area contributed by atoms with Gasteiger partial charge in [-0.25, -0.2) is 18.4 Å². The molecule has 0 aliphatic heterocycles. The maximum absolute atomic E-state index is 12.5. The van der Waals surface area contributed by atoms with Crippen LogP contribution in [0.1, 0.15) is 17.8 Å². The van der Waals surface area contributed by atoms with Gasteiger partial charge in [0.25, 0.3) is 6.43 Å². The normalized spacial score (nSPS) is 11.3. The SMILES string of the molecule is Cc1nn(CC(=O)O)c2nc(C(F)F)ccc12. The van der Waals surface area contributed by atoms with Gasteiger partial charge in [-0.15, -0.1) is 0 Å². The number of hydrogen-bond donors (Lipinski definition) is 1. The minimum absolute atomic E-state index is 0.169. The van der Waals surface area contributed by atoms with Gasteiger partial charge in [0.05, 0.1) is 5.69 Å². The number of alkyl halides is 2. The summed E-state index contributed by atoms with van der Waals surface area (Å²) in [6.45, 7) is 1.27. The first kappa shape index (κ1) is 11.4. The first-order valence-corrected chi connectivity index (χ1v) is 4.83. The monoisotopic (exact) mass is 241 g/mol. The average molecular weight is 241 g/mol. The quantitative estimate of drug-likeness (QED) is 0.889. The fraction of sp³-hybridized carbons (Fsp3) is 0.300. The Morgan fingerprint density at radius 3 is 2.82 bits per heavy atom. The predicted molar refractivity (Wildman–Crippen MR) is 54.9 cm³/mol. The molecule has 0 amide bonds. The second-order valence-corrected chi connectivity index (χ2v) is 3.54. The largest absolute Gasteiger partial charge is 0.480 e. The Hall–Kier alpha value is -2.05. The van der Waals surface area contributed by atoms with Crippen molar-refractivity contribution in [3.05, 3.63) is 23.5 Å². The number of nitrogens with zero attached hydrogens (tertiary/aromatic N) is 3. The fourth-order valence-corrected chi connectivity index (χ4v) is 1.58. The third kappa shape index (κ3) is 2.08. The van der Waals surface area contributed by atoms with Crippen LogP contribution in [0.3, 0.4) is 0 Å². The van der Waals surface area contributed by atoms with Crippen molar-refractivity contribution in [1.82, 2.24) is 14.8 Å². The van der Waals surface area contributed by atoms with E-state index < -0.39 is 18.9 Å². The Morgan fingerprint density at radius 1 is 1.53 bits per heavy atom. The third-order valence-electron chi connectivity index (χ3n) is 2.31. The standard InChI is InChI=1S/C10H9F2N3O2/c1-5-6-2-3-7(9(11)12)13-10(6)15(14-5)4-8(16)17/h2-3,9H,4H2,1H3,(H,16,17). The van der Waals surface area contributed by atoms with Gasteiger partial charge in [-0.2, -0.15) is 5.10 Å². The average Bonchev–Trinajstić information content (AvgIpc) is 2.54. The Morgan fingerprint density at radius 2 is 2.24 bits per heavy atom. The molecule has 0 aliphatic rings. The highest BCUT2D eigenvalue weighted by Gasteiger charge is 2.15. The van der Waals surface area contributed by atoms with Gasteiger partial charge in [0.2, 0.25) is 0 Å². The molecule has 5 nitrogen and oxygen atoms in total. The van der Waals surface area contributed by atoms with E-state index in [1.54, 1.807) is 6.92 Å². The zero-order valence-corrected chi connectivity index (χ0v) is 8.89. The van der Waals surface area contributed by atoms with Crippen LogP contribution in [0.15, 0.2) is 12.1 Å². The molecule has 0 bridgehead atoms. The first-order chi connectivity index (χ1) is 7.99. The number of hydrogen-bond acceptors (Lipinski definition) is 3. The van der Waals surface area contributed by atoms with E-state index in [0.29, 0.717) is 11.1 Å². The summed E-state index contributed by atoms with van der Waals surface area (Å²) < 4.78 is 26.1. The summed E-state index contributed by atoms with van der Waals surface area (Å²) in [4.78, 5) is 14.3. The van der Waals surface area contributed by atoms with E-state index in [1.165, 1.54) is 12.1 Å². The molecule has 2 heterocycles. The molecule has 0 aliphatic carbocycles. The van der Waals surface area contributed by atoms with E-state index in [4.69, 9.17) is 5.11 Å². The lowest BCUT2D eigenvalue weighted by Crippen LogP contribution is -2.11. The van der Waals surface area contributed by atoms with Crippen LogP contribution in [-0.4, -0.2) is 25.8 Å². The number of aryl methyl sites for hydroxylation is 1. The van der Waals surface area contributed by atoms with E-state index in [1.807, 2.05) is 0 Å². The summed E-state index contributed by atoms with van der Waals surface area (Å²) in [6.07, 6.45) is -2.69. The Kier molecular flexibility index (Phi) is 2.74. The van der Waals surface area contributed by atoms with Gasteiger partial charge in [0, 0.05) is 5.39 Å². The van der Waals surface area contributed by atoms with Crippen LogP contribution in [0.4, 0.5) is 8.78 Å². The molecular formula is C10H9F2N3O2. The van der Waals surface area contributed by atoms with Crippen LogP contribution < -0.4 is 0 Å². The molecular weight excluding hydrogens is 232 g/mol. The van der Waals surface area contributed by atoms with Crippen LogP contribution >= 0.6 is 0 Å². The van der Waals surface area contributed by atoms with Crippen molar-refractivity contribution in [2.75, 3.05) is 0 Å². The number of fused-ring (bicyclic) bond motifs is 1. The fourth-order valence-electron chi connectivity index (χ4n) is 1.58. The molecule has 90 valence electrons. The van der Waals surface area contributed by atoms with E-state index in [2.05, 4.69) is 10.1 Å². The molecule has 17 heavy (non-hydrogen) atoms. The summed E-state index contributed by atoms with van der Waals surface area (Å²) in [7, 11) is 0. The van der Waals surface area contributed by atoms with E-state index in [0.717, 1.165) is 4.68 Å². The maximum atomic E-state index is 12.5. The van der Waals surface area contributed by atoms with Crippen LogP contribution in [0, 0.1) is 6.92 Å². The number of rotatable bonds is 3. The molecule has 0 unspecified atom stereocenters. The number of halogens is 2. The molecule has 0 saturated carbocycles. The smallest absolute Gasteiger partial charge is 0.325 e. The van der Waals surface area contributed by atoms with E-state index in [9.17, 15) is 13.6 Å². The van der Waals surface area contributed by atoms with Crippen LogP contribution in [0.5, 0.6) is 0 Å². The lowest BCUT2D eigenvalue weighted by Gasteiger charge is -2.01. The molecule has 0 aromatic carbocycles. The van der Waals surface area contributed by atoms with Crippen LogP contribution in [0.25, 0.3) is 11.0 Å². The lowest BCUT2D eigenvalue weighted by atomic mass is 10.2. The molecule has 0 radical (unpaired) electrons. The zero-order valence-electron chi connectivity index (χ0n) is 8.89. The van der Waals surface area contributed by atoms with Gasteiger partial charge in [-0.1, -0.05) is 0 Å². The molecule has 2 aromatic rings. The minimum atomic E-state index is -2.69. The summed E-state index contributed by atoms with van der Waals surface area (Å²) in [5, 5.41) is 13.2. The molecule has 2 aromatic heterocycles. The number of aliphatic carboxylic acids is 1. The minimum Gasteiger partial charge on any atom is -0.480 e. The molecule has 2 rings (SSSR count). The maximum Gasteiger partial charge on any atom is 0.325 e. The van der Waals surface area contributed by atoms with Gasteiger partial charge < -0.3 is 5.11 Å². The Balaban J connectivity index is 2.60. The van der Waals surface area contributed by atoms with Crippen molar-refractivity contribution in [3.63, 3.8) is 0 Å². The van der Waals surface area contributed by atoms with Crippen molar-refractivity contribution < 1.29 is 18.7 Å². The number of pyridine rings is 1. The molecule has 7 heteroatoms. The van der Waals surface area contributed by atoms with Gasteiger partial charge in [0.1, 0.15) is 12.2 Å². The van der Waals surface area contributed by atoms with Crippen LogP contribution in [0.2, 0.25) is 0 Å². The summed E-state index contributed by atoms with van der Waals surface area (Å²) in [5.74, 6) is -1.10. The van der Waals surface area contributed by atoms with Crippen molar-refractivity contribution in [3.8, 4) is 0 Å². The highest BCUT2D eigenvalue weighted by Crippen LogP contribution is 2.22. The molecule has 1 N–H and O–H groups in total. The second-order valence-electron chi connectivity index (χ2n) is 3.54. The van der Waals surface area contributed by atoms with Gasteiger partial charge in [-0.3, -0.25) is 4.79 Å². The lowest BCUT2D eigenvalue weighted by molar-refractivity contribution is -0.137. The number of carboxylic acid groups (broad SMARTS) is 1. The van der Waals surface area contributed by atoms with Gasteiger partial charge in [0.15, 0.2) is 5.65 Å². The first-order valence-electron chi connectivity index (χ1n) is 4.83. The van der Waals surface area contributed by atoms with Crippen molar-refractivity contribution in [2.45, 2.75) is 19.9 Å². The molecule has 0 saturated heterocycles. The van der Waals surface area contributed by atoms with Crippen molar-refractivity contribution >= 4 is 17.0 Å². The highest BCUT2D eigenvalue weighted by atomic mass is 19.3. The Bertz CT molecular complexity index is 580. The van der Waals surface area contributed by atoms with Crippen LogP contribution in [-0.2, 0) is 11.3 Å². The predicted octanol–water partition coefficient (Wildman–Crippen LogP) is 1.76. The topological polar surface area (TPSA) is 68.0 Å². The van der Waals surface area contributed by atoms with Crippen molar-refractivity contribution in [1.29, 1.82) is 0 Å². The van der Waals surface area contributed by atoms with E-state index in [-0.39, 0.29) is 11.3 Å². The van der Waals surface area contributed by atoms with Gasteiger partial charge in [-0.05, 0) is 19.1 Å². The summed E-state index contributed by atoms with van der Waals surface area (Å²) in [5.41, 5.74) is 0.348. The Labute approximate surface area is 94.7 Å².